The van der Waals surface area contributed by atoms with Crippen LogP contribution in [0.2, 0.25) is 0 Å². The first-order valence-corrected chi connectivity index (χ1v) is 7.76. The minimum atomic E-state index is -0.476. The summed E-state index contributed by atoms with van der Waals surface area (Å²) in [5, 5.41) is 0. The van der Waals surface area contributed by atoms with E-state index < -0.39 is 12.1 Å². The molecule has 0 unspecified atom stereocenters. The number of hydrogen-bond donors (Lipinski definition) is 0. The van der Waals surface area contributed by atoms with Crippen LogP contribution in [0.5, 0.6) is 0 Å². The fourth-order valence-corrected chi connectivity index (χ4v) is 2.59. The summed E-state index contributed by atoms with van der Waals surface area (Å²) in [5.41, 5.74) is 1.47. The van der Waals surface area contributed by atoms with Crippen molar-refractivity contribution in [3.05, 3.63) is 71.8 Å². The van der Waals surface area contributed by atoms with E-state index in [9.17, 15) is 9.59 Å². The molecule has 2 aromatic rings. The zero-order valence-electron chi connectivity index (χ0n) is 13.1. The normalized spacial score (nSPS) is 19.8. The maximum atomic E-state index is 12.0. The molecule has 5 nitrogen and oxygen atoms in total. The first-order chi connectivity index (χ1) is 11.7. The summed E-state index contributed by atoms with van der Waals surface area (Å²) in [4.78, 5) is 23.9. The lowest BCUT2D eigenvalue weighted by atomic mass is 10.0. The second kappa shape index (κ2) is 7.86. The van der Waals surface area contributed by atoms with Crippen LogP contribution in [0.25, 0.3) is 0 Å². The molecule has 2 atom stereocenters. The number of ketones is 1. The van der Waals surface area contributed by atoms with E-state index in [0.29, 0.717) is 5.56 Å². The lowest BCUT2D eigenvalue weighted by Crippen LogP contribution is -2.22. The zero-order valence-corrected chi connectivity index (χ0v) is 13.1. The number of benzene rings is 2. The molecule has 2 aromatic carbocycles. The highest BCUT2D eigenvalue weighted by Gasteiger charge is 2.33. The van der Waals surface area contributed by atoms with Gasteiger partial charge in [-0.1, -0.05) is 60.7 Å². The van der Waals surface area contributed by atoms with Gasteiger partial charge in [0, 0.05) is 5.56 Å². The lowest BCUT2D eigenvalue weighted by molar-refractivity contribution is -0.145. The SMILES string of the molecule is O=C(C[C@@H]1OCO[C@@H]1c1ccccc1)OCC(=O)c1ccccc1. The smallest absolute Gasteiger partial charge is 0.308 e. The van der Waals surface area contributed by atoms with Gasteiger partial charge in [0.15, 0.2) is 12.4 Å². The van der Waals surface area contributed by atoms with Crippen LogP contribution >= 0.6 is 0 Å². The fraction of sp³-hybridized carbons (Fsp3) is 0.263. The Morgan fingerprint density at radius 1 is 0.958 bits per heavy atom. The maximum absolute atomic E-state index is 12.0. The Morgan fingerprint density at radius 2 is 1.62 bits per heavy atom. The molecule has 124 valence electrons. The predicted molar refractivity (Wildman–Crippen MR) is 86.4 cm³/mol. The molecule has 5 heteroatoms. The third-order valence-electron chi connectivity index (χ3n) is 3.82. The summed E-state index contributed by atoms with van der Waals surface area (Å²) in [5.74, 6) is -0.706. The van der Waals surface area contributed by atoms with Gasteiger partial charge in [0.1, 0.15) is 19.0 Å². The molecule has 3 rings (SSSR count). The highest BCUT2D eigenvalue weighted by molar-refractivity contribution is 5.97. The number of hydrogen-bond acceptors (Lipinski definition) is 5. The van der Waals surface area contributed by atoms with Gasteiger partial charge in [-0.15, -0.1) is 0 Å². The van der Waals surface area contributed by atoms with Crippen molar-refractivity contribution in [1.29, 1.82) is 0 Å². The number of esters is 1. The van der Waals surface area contributed by atoms with Crippen LogP contribution in [0.1, 0.15) is 28.4 Å². The number of rotatable bonds is 6. The summed E-state index contributed by atoms with van der Waals surface area (Å²) in [7, 11) is 0. The van der Waals surface area contributed by atoms with Crippen molar-refractivity contribution < 1.29 is 23.8 Å². The van der Waals surface area contributed by atoms with Gasteiger partial charge in [0.25, 0.3) is 0 Å². The Morgan fingerprint density at radius 3 is 2.33 bits per heavy atom. The molecule has 1 aliphatic rings. The van der Waals surface area contributed by atoms with Gasteiger partial charge in [0.05, 0.1) is 6.42 Å². The van der Waals surface area contributed by atoms with E-state index in [1.807, 2.05) is 36.4 Å². The predicted octanol–water partition coefficient (Wildman–Crippen LogP) is 2.92. The van der Waals surface area contributed by atoms with Crippen LogP contribution in [0.15, 0.2) is 60.7 Å². The average Bonchev–Trinajstić information content (AvgIpc) is 3.09. The topological polar surface area (TPSA) is 61.8 Å². The van der Waals surface area contributed by atoms with Crippen LogP contribution in [0.4, 0.5) is 0 Å². The summed E-state index contributed by atoms with van der Waals surface area (Å²) in [6, 6.07) is 18.3. The van der Waals surface area contributed by atoms with Crippen molar-refractivity contribution in [2.45, 2.75) is 18.6 Å². The van der Waals surface area contributed by atoms with Gasteiger partial charge >= 0.3 is 5.97 Å². The van der Waals surface area contributed by atoms with Gasteiger partial charge in [-0.25, -0.2) is 0 Å². The minimum Gasteiger partial charge on any atom is -0.457 e. The molecule has 0 spiro atoms. The van der Waals surface area contributed by atoms with E-state index in [4.69, 9.17) is 14.2 Å². The molecule has 0 saturated carbocycles. The number of carbonyl (C=O) groups excluding carboxylic acids is 2. The van der Waals surface area contributed by atoms with Gasteiger partial charge < -0.3 is 14.2 Å². The minimum absolute atomic E-state index is 0.0433. The van der Waals surface area contributed by atoms with Crippen molar-refractivity contribution in [2.75, 3.05) is 13.4 Å². The van der Waals surface area contributed by atoms with Gasteiger partial charge in [0.2, 0.25) is 0 Å². The molecule has 0 N–H and O–H groups in total. The third-order valence-corrected chi connectivity index (χ3v) is 3.82. The van der Waals surface area contributed by atoms with Crippen molar-refractivity contribution in [3.63, 3.8) is 0 Å². The van der Waals surface area contributed by atoms with Crippen molar-refractivity contribution in [3.8, 4) is 0 Å². The molecule has 1 fully saturated rings. The van der Waals surface area contributed by atoms with Crippen LogP contribution in [0, 0.1) is 0 Å². The Balaban J connectivity index is 1.52. The second-order valence-corrected chi connectivity index (χ2v) is 5.47. The summed E-state index contributed by atoms with van der Waals surface area (Å²) in [6.07, 6.45) is -0.669. The molecule has 1 saturated heterocycles. The molecule has 0 amide bonds. The highest BCUT2D eigenvalue weighted by atomic mass is 16.7. The van der Waals surface area contributed by atoms with E-state index in [1.165, 1.54) is 0 Å². The van der Waals surface area contributed by atoms with Gasteiger partial charge in [-0.3, -0.25) is 9.59 Å². The first-order valence-electron chi connectivity index (χ1n) is 7.76. The Kier molecular flexibility index (Phi) is 5.36. The van der Waals surface area contributed by atoms with Crippen molar-refractivity contribution in [1.82, 2.24) is 0 Å². The van der Waals surface area contributed by atoms with Crippen molar-refractivity contribution in [2.24, 2.45) is 0 Å². The molecule has 0 aromatic heterocycles. The lowest BCUT2D eigenvalue weighted by Gasteiger charge is -2.16. The first kappa shape index (κ1) is 16.4. The largest absolute Gasteiger partial charge is 0.457 e. The Labute approximate surface area is 140 Å². The van der Waals surface area contributed by atoms with Crippen molar-refractivity contribution >= 4 is 11.8 Å². The fourth-order valence-electron chi connectivity index (χ4n) is 2.59. The van der Waals surface area contributed by atoms with Crippen LogP contribution in [-0.2, 0) is 19.0 Å². The third kappa shape index (κ3) is 4.07. The Hall–Kier alpha value is -2.50. The quantitative estimate of drug-likeness (QED) is 0.603. The molecule has 0 radical (unpaired) electrons. The van der Waals surface area contributed by atoms with Gasteiger partial charge in [-0.2, -0.15) is 0 Å². The van der Waals surface area contributed by atoms with Crippen LogP contribution in [0.3, 0.4) is 0 Å². The van der Waals surface area contributed by atoms with Gasteiger partial charge in [-0.05, 0) is 5.56 Å². The number of ether oxygens (including phenoxy) is 3. The van der Waals surface area contributed by atoms with E-state index in [1.54, 1.807) is 24.3 Å². The zero-order chi connectivity index (χ0) is 16.8. The Bertz CT molecular complexity index is 683. The monoisotopic (exact) mass is 326 g/mol. The second-order valence-electron chi connectivity index (χ2n) is 5.47. The van der Waals surface area contributed by atoms with Crippen LogP contribution < -0.4 is 0 Å². The molecule has 24 heavy (non-hydrogen) atoms. The molecule has 0 aliphatic carbocycles. The van der Waals surface area contributed by atoms with E-state index in [0.717, 1.165) is 5.56 Å². The van der Waals surface area contributed by atoms with Crippen LogP contribution in [-0.4, -0.2) is 31.3 Å². The maximum Gasteiger partial charge on any atom is 0.308 e. The highest BCUT2D eigenvalue weighted by Crippen LogP contribution is 2.30. The van der Waals surface area contributed by atoms with E-state index in [-0.39, 0.29) is 31.7 Å². The number of carbonyl (C=O) groups is 2. The molecule has 0 bridgehead atoms. The summed E-state index contributed by atoms with van der Waals surface area (Å²) < 4.78 is 16.1. The van der Waals surface area contributed by atoms with E-state index >= 15 is 0 Å². The summed E-state index contributed by atoms with van der Waals surface area (Å²) >= 11 is 0. The molecule has 1 heterocycles. The molecular weight excluding hydrogens is 308 g/mol. The average molecular weight is 326 g/mol. The summed E-state index contributed by atoms with van der Waals surface area (Å²) in [6.45, 7) is -0.132. The van der Waals surface area contributed by atoms with E-state index in [2.05, 4.69) is 0 Å². The number of Topliss-reactive ketones (excluding diaryl/α,β-unsaturated/α-hetero) is 1. The molecule has 1 aliphatic heterocycles. The molecular formula is C19H18O5. The standard InChI is InChI=1S/C19H18O5/c20-16(14-7-3-1-4-8-14)12-22-18(21)11-17-19(24-13-23-17)15-9-5-2-6-10-15/h1-10,17,19H,11-13H2/t17-,19+/m0/s1.